The van der Waals surface area contributed by atoms with Gasteiger partial charge in [-0.15, -0.1) is 5.10 Å². The first-order valence-electron chi connectivity index (χ1n) is 9.46. The van der Waals surface area contributed by atoms with Gasteiger partial charge in [-0.3, -0.25) is 14.2 Å². The highest BCUT2D eigenvalue weighted by Crippen LogP contribution is 2.46. The van der Waals surface area contributed by atoms with Crippen molar-refractivity contribution in [3.8, 4) is 5.88 Å². The van der Waals surface area contributed by atoms with Crippen molar-refractivity contribution < 1.29 is 4.74 Å². The summed E-state index contributed by atoms with van der Waals surface area (Å²) in [6, 6.07) is 3.68. The van der Waals surface area contributed by atoms with Crippen molar-refractivity contribution in [2.45, 2.75) is 25.8 Å². The lowest BCUT2D eigenvalue weighted by Gasteiger charge is -2.10. The number of anilines is 1. The van der Waals surface area contributed by atoms with E-state index >= 15 is 0 Å². The molecule has 4 rings (SSSR count). The minimum atomic E-state index is -0.229. The quantitative estimate of drug-likeness (QED) is 0.632. The molecule has 0 amide bonds. The molecule has 3 aromatic rings. The maximum absolute atomic E-state index is 12.4. The van der Waals surface area contributed by atoms with Gasteiger partial charge < -0.3 is 10.1 Å². The number of nitrogens with one attached hydrogen (secondary N) is 1. The summed E-state index contributed by atoms with van der Waals surface area (Å²) in [5.41, 5.74) is 2.95. The molecule has 0 aromatic carbocycles. The van der Waals surface area contributed by atoms with Crippen molar-refractivity contribution in [3.05, 3.63) is 50.8 Å². The number of rotatable bonds is 7. The van der Waals surface area contributed by atoms with Gasteiger partial charge in [0.05, 0.1) is 18.0 Å². The van der Waals surface area contributed by atoms with Gasteiger partial charge in [0.1, 0.15) is 10.8 Å². The van der Waals surface area contributed by atoms with Crippen LogP contribution in [0, 0.1) is 12.8 Å². The number of halogens is 1. The average Bonchev–Trinajstić information content (AvgIpc) is 3.26. The highest BCUT2D eigenvalue weighted by atomic mass is 35.5. The fourth-order valence-electron chi connectivity index (χ4n) is 3.45. The summed E-state index contributed by atoms with van der Waals surface area (Å²) in [6.45, 7) is 2.82. The standard InChI is InChI=1S/C19H24ClN7O2/c1-11-14(18(20)26(3)22-11)9-21-16-8-17(24-27(4)19(16)28)29-10-12-7-13(12)15-5-6-25(2)23-15/h5-6,8,12-13,21H,7,9-10H2,1-4H3/t12-,13+/m1/s1. The molecule has 1 N–H and O–H groups in total. The Bertz CT molecular complexity index is 1100. The van der Waals surface area contributed by atoms with Crippen molar-refractivity contribution >= 4 is 17.3 Å². The van der Waals surface area contributed by atoms with E-state index in [0.29, 0.717) is 41.7 Å². The van der Waals surface area contributed by atoms with Crippen molar-refractivity contribution in [2.24, 2.45) is 27.1 Å². The van der Waals surface area contributed by atoms with Crippen molar-refractivity contribution in [2.75, 3.05) is 11.9 Å². The summed E-state index contributed by atoms with van der Waals surface area (Å²) in [6.07, 6.45) is 3.00. The summed E-state index contributed by atoms with van der Waals surface area (Å²) in [4.78, 5) is 12.4. The molecule has 154 valence electrons. The topological polar surface area (TPSA) is 91.8 Å². The summed E-state index contributed by atoms with van der Waals surface area (Å²) in [7, 11) is 5.31. The molecular weight excluding hydrogens is 394 g/mol. The third-order valence-corrected chi connectivity index (χ3v) is 5.72. The Kier molecular flexibility index (Phi) is 5.08. The van der Waals surface area contributed by atoms with E-state index < -0.39 is 0 Å². The number of nitrogens with zero attached hydrogens (tertiary/aromatic N) is 6. The Balaban J connectivity index is 1.41. The molecular formula is C19H24ClN7O2. The Morgan fingerprint density at radius 3 is 2.69 bits per heavy atom. The highest BCUT2D eigenvalue weighted by molar-refractivity contribution is 6.30. The normalized spacial score (nSPS) is 18.1. The van der Waals surface area contributed by atoms with Crippen LogP contribution in [0.2, 0.25) is 5.15 Å². The summed E-state index contributed by atoms with van der Waals surface area (Å²) >= 11 is 6.27. The van der Waals surface area contributed by atoms with Crippen LogP contribution in [0.25, 0.3) is 0 Å². The van der Waals surface area contributed by atoms with Crippen LogP contribution >= 0.6 is 11.6 Å². The van der Waals surface area contributed by atoms with E-state index in [-0.39, 0.29) is 5.56 Å². The Morgan fingerprint density at radius 2 is 2.03 bits per heavy atom. The molecule has 10 heteroatoms. The minimum absolute atomic E-state index is 0.229. The highest BCUT2D eigenvalue weighted by Gasteiger charge is 2.40. The van der Waals surface area contributed by atoms with E-state index in [1.54, 1.807) is 24.8 Å². The van der Waals surface area contributed by atoms with Gasteiger partial charge in [-0.2, -0.15) is 10.2 Å². The molecule has 1 aliphatic rings. The number of aryl methyl sites for hydroxylation is 4. The van der Waals surface area contributed by atoms with Crippen LogP contribution < -0.4 is 15.6 Å². The maximum Gasteiger partial charge on any atom is 0.290 e. The lowest BCUT2D eigenvalue weighted by molar-refractivity contribution is 0.278. The fraction of sp³-hybridized carbons (Fsp3) is 0.474. The number of hydrogen-bond acceptors (Lipinski definition) is 6. The second-order valence-electron chi connectivity index (χ2n) is 7.48. The monoisotopic (exact) mass is 417 g/mol. The van der Waals surface area contributed by atoms with Gasteiger partial charge in [0, 0.05) is 57.4 Å². The minimum Gasteiger partial charge on any atom is -0.476 e. The Hall–Kier alpha value is -2.81. The third kappa shape index (κ3) is 4.00. The largest absolute Gasteiger partial charge is 0.476 e. The molecule has 9 nitrogen and oxygen atoms in total. The molecule has 2 atom stereocenters. The second kappa shape index (κ2) is 7.55. The molecule has 0 unspecified atom stereocenters. The van der Waals surface area contributed by atoms with Crippen LogP contribution in [0.3, 0.4) is 0 Å². The van der Waals surface area contributed by atoms with E-state index in [2.05, 4.69) is 20.6 Å². The molecule has 3 heterocycles. The van der Waals surface area contributed by atoms with Crippen molar-refractivity contribution in [1.82, 2.24) is 29.3 Å². The summed E-state index contributed by atoms with van der Waals surface area (Å²) in [5.74, 6) is 1.25. The first kappa shape index (κ1) is 19.5. The van der Waals surface area contributed by atoms with Crippen LogP contribution in [-0.4, -0.2) is 35.9 Å². The summed E-state index contributed by atoms with van der Waals surface area (Å²) in [5, 5.41) is 16.6. The fourth-order valence-corrected chi connectivity index (χ4v) is 3.70. The molecule has 0 bridgehead atoms. The lowest BCUT2D eigenvalue weighted by atomic mass is 10.2. The predicted molar refractivity (Wildman–Crippen MR) is 109 cm³/mol. The smallest absolute Gasteiger partial charge is 0.290 e. The first-order chi connectivity index (χ1) is 13.8. The summed E-state index contributed by atoms with van der Waals surface area (Å²) < 4.78 is 10.6. The SMILES string of the molecule is Cc1nn(C)c(Cl)c1CNc1cc(OC[C@H]2C[C@@H]2c2ccn(C)n2)nn(C)c1=O. The molecule has 0 spiro atoms. The molecule has 0 saturated heterocycles. The Labute approximate surface area is 173 Å². The number of aromatic nitrogens is 6. The van der Waals surface area contributed by atoms with E-state index in [1.165, 1.54) is 4.68 Å². The van der Waals surface area contributed by atoms with Gasteiger partial charge >= 0.3 is 0 Å². The zero-order chi connectivity index (χ0) is 20.7. The van der Waals surface area contributed by atoms with Gasteiger partial charge in [-0.05, 0) is 19.4 Å². The first-order valence-corrected chi connectivity index (χ1v) is 9.83. The Morgan fingerprint density at radius 1 is 1.24 bits per heavy atom. The zero-order valence-corrected chi connectivity index (χ0v) is 17.6. The lowest BCUT2D eigenvalue weighted by Crippen LogP contribution is -2.24. The van der Waals surface area contributed by atoms with Gasteiger partial charge in [0.15, 0.2) is 0 Å². The van der Waals surface area contributed by atoms with Crippen molar-refractivity contribution in [3.63, 3.8) is 0 Å². The molecule has 0 radical (unpaired) electrons. The van der Waals surface area contributed by atoms with Gasteiger partial charge in [-0.1, -0.05) is 11.6 Å². The molecule has 3 aromatic heterocycles. The van der Waals surface area contributed by atoms with E-state index in [4.69, 9.17) is 16.3 Å². The van der Waals surface area contributed by atoms with Crippen LogP contribution in [0.1, 0.15) is 29.3 Å². The van der Waals surface area contributed by atoms with Gasteiger partial charge in [0.25, 0.3) is 5.56 Å². The van der Waals surface area contributed by atoms with Gasteiger partial charge in [-0.25, -0.2) is 4.68 Å². The van der Waals surface area contributed by atoms with Crippen LogP contribution in [0.4, 0.5) is 5.69 Å². The number of hydrogen-bond donors (Lipinski definition) is 1. The number of ether oxygens (including phenoxy) is 1. The zero-order valence-electron chi connectivity index (χ0n) is 16.9. The molecule has 1 fully saturated rings. The molecule has 1 saturated carbocycles. The van der Waals surface area contributed by atoms with E-state index in [0.717, 1.165) is 23.4 Å². The second-order valence-corrected chi connectivity index (χ2v) is 7.84. The average molecular weight is 418 g/mol. The molecule has 1 aliphatic carbocycles. The predicted octanol–water partition coefficient (Wildman–Crippen LogP) is 2.00. The van der Waals surface area contributed by atoms with Crippen LogP contribution in [0.15, 0.2) is 23.1 Å². The van der Waals surface area contributed by atoms with Crippen molar-refractivity contribution in [1.29, 1.82) is 0 Å². The molecule has 29 heavy (non-hydrogen) atoms. The van der Waals surface area contributed by atoms with Gasteiger partial charge in [0.2, 0.25) is 5.88 Å². The maximum atomic E-state index is 12.4. The van der Waals surface area contributed by atoms with Crippen LogP contribution in [-0.2, 0) is 27.7 Å². The van der Waals surface area contributed by atoms with E-state index in [9.17, 15) is 4.79 Å². The third-order valence-electron chi connectivity index (χ3n) is 5.25. The van der Waals surface area contributed by atoms with E-state index in [1.807, 2.05) is 30.9 Å². The molecule has 0 aliphatic heterocycles. The van der Waals surface area contributed by atoms with Crippen LogP contribution in [0.5, 0.6) is 5.88 Å².